The van der Waals surface area contributed by atoms with Crippen LogP contribution in [-0.4, -0.2) is 0 Å². The normalized spacial score (nSPS) is 11.5. The van der Waals surface area contributed by atoms with Crippen molar-refractivity contribution in [2.75, 3.05) is 4.90 Å². The Bertz CT molecular complexity index is 3590. The van der Waals surface area contributed by atoms with Gasteiger partial charge in [0, 0.05) is 28.0 Å². The maximum Gasteiger partial charge on any atom is 0.136 e. The average molecular weight is 790 g/mol. The van der Waals surface area contributed by atoms with E-state index in [-0.39, 0.29) is 0 Å². The fraction of sp³-hybridized carbons (Fsp3) is 0. The minimum Gasteiger partial charge on any atom is -0.456 e. The van der Waals surface area contributed by atoms with Crippen LogP contribution in [0.25, 0.3) is 98.8 Å². The first-order valence-electron chi connectivity index (χ1n) is 21.2. The highest BCUT2D eigenvalue weighted by molar-refractivity contribution is 6.14. The van der Waals surface area contributed by atoms with Crippen molar-refractivity contribution in [1.29, 1.82) is 0 Å². The number of anilines is 3. The predicted molar refractivity (Wildman–Crippen MR) is 263 cm³/mol. The maximum atomic E-state index is 6.48. The van der Waals surface area contributed by atoms with Crippen molar-refractivity contribution in [3.63, 3.8) is 0 Å². The molecule has 12 rings (SSSR count). The summed E-state index contributed by atoms with van der Waals surface area (Å²) in [5.74, 6) is 0.860. The number of furan rings is 1. The third kappa shape index (κ3) is 6.20. The molecule has 0 aliphatic rings. The largest absolute Gasteiger partial charge is 0.456 e. The highest BCUT2D eigenvalue weighted by atomic mass is 16.3. The Hall–Kier alpha value is -8.20. The molecule has 0 spiro atoms. The van der Waals surface area contributed by atoms with Gasteiger partial charge in [0.05, 0.1) is 0 Å². The molecule has 0 amide bonds. The van der Waals surface area contributed by atoms with Gasteiger partial charge in [0.1, 0.15) is 11.3 Å². The van der Waals surface area contributed by atoms with Crippen molar-refractivity contribution in [2.24, 2.45) is 0 Å². The summed E-state index contributed by atoms with van der Waals surface area (Å²) in [6.07, 6.45) is 0. The van der Waals surface area contributed by atoms with E-state index in [0.717, 1.165) is 61.6 Å². The molecule has 0 aliphatic carbocycles. The number of rotatable bonds is 7. The summed E-state index contributed by atoms with van der Waals surface area (Å²) >= 11 is 0. The molecule has 2 nitrogen and oxygen atoms in total. The van der Waals surface area contributed by atoms with Gasteiger partial charge in [-0.3, -0.25) is 0 Å². The molecule has 0 fully saturated rings. The number of benzene rings is 11. The fourth-order valence-corrected chi connectivity index (χ4v) is 9.38. The molecule has 0 aliphatic heterocycles. The lowest BCUT2D eigenvalue weighted by Crippen LogP contribution is -2.09. The van der Waals surface area contributed by atoms with E-state index in [4.69, 9.17) is 4.42 Å². The van der Waals surface area contributed by atoms with Crippen molar-refractivity contribution in [3.05, 3.63) is 237 Å². The third-order valence-corrected chi connectivity index (χ3v) is 12.4. The Kier molecular flexibility index (Phi) is 8.53. The molecule has 2 heteroatoms. The van der Waals surface area contributed by atoms with E-state index < -0.39 is 0 Å². The molecular weight excluding hydrogens is 751 g/mol. The van der Waals surface area contributed by atoms with Gasteiger partial charge in [-0.05, 0) is 137 Å². The van der Waals surface area contributed by atoms with E-state index in [1.54, 1.807) is 0 Å². The fourth-order valence-electron chi connectivity index (χ4n) is 9.38. The summed E-state index contributed by atoms with van der Waals surface area (Å²) in [6.45, 7) is 0. The standard InChI is InChI=1S/C60H39NO/c1-2-12-41(13-3-1)53-34-28-44(37-58(53)60-39-47-16-6-11-21-59(47)62-60)40-24-29-48(30-25-40)61(50-33-35-54-46(36-50)23-22-42-14-4-7-17-51(42)54)49-31-26-43(27-32-49)57-38-45-15-5-8-18-52(45)55-19-9-10-20-56(55)57/h1-39H. The Morgan fingerprint density at radius 3 is 1.55 bits per heavy atom. The maximum absolute atomic E-state index is 6.48. The van der Waals surface area contributed by atoms with Crippen LogP contribution in [-0.2, 0) is 0 Å². The van der Waals surface area contributed by atoms with Crippen molar-refractivity contribution in [1.82, 2.24) is 0 Å². The Morgan fingerprint density at radius 2 is 0.790 bits per heavy atom. The first-order chi connectivity index (χ1) is 30.7. The zero-order chi connectivity index (χ0) is 41.0. The second-order valence-electron chi connectivity index (χ2n) is 16.1. The highest BCUT2D eigenvalue weighted by Crippen LogP contribution is 2.42. The van der Waals surface area contributed by atoms with Crippen LogP contribution < -0.4 is 4.90 Å². The highest BCUT2D eigenvalue weighted by Gasteiger charge is 2.18. The molecule has 0 saturated carbocycles. The summed E-state index contributed by atoms with van der Waals surface area (Å²) in [5, 5.41) is 11.1. The van der Waals surface area contributed by atoms with Crippen LogP contribution >= 0.6 is 0 Å². The van der Waals surface area contributed by atoms with Gasteiger partial charge < -0.3 is 9.32 Å². The lowest BCUT2D eigenvalue weighted by molar-refractivity contribution is 0.632. The van der Waals surface area contributed by atoms with Crippen molar-refractivity contribution >= 4 is 71.1 Å². The number of para-hydroxylation sites is 1. The quantitative estimate of drug-likeness (QED) is 0.150. The minimum atomic E-state index is 0.860. The molecule has 12 aromatic rings. The van der Waals surface area contributed by atoms with E-state index in [1.165, 1.54) is 54.2 Å². The molecule has 0 radical (unpaired) electrons. The molecule has 0 atom stereocenters. The second kappa shape index (κ2) is 14.8. The second-order valence-corrected chi connectivity index (χ2v) is 16.1. The molecule has 0 saturated heterocycles. The lowest BCUT2D eigenvalue weighted by Gasteiger charge is -2.26. The number of nitrogens with zero attached hydrogens (tertiary/aromatic N) is 1. The van der Waals surface area contributed by atoms with Crippen molar-refractivity contribution < 1.29 is 4.42 Å². The first kappa shape index (κ1) is 35.7. The summed E-state index contributed by atoms with van der Waals surface area (Å²) in [7, 11) is 0. The van der Waals surface area contributed by atoms with Crippen LogP contribution in [0.1, 0.15) is 0 Å². The lowest BCUT2D eigenvalue weighted by atomic mass is 9.93. The summed E-state index contributed by atoms with van der Waals surface area (Å²) in [5.41, 5.74) is 12.2. The van der Waals surface area contributed by atoms with Crippen LogP contribution in [0.3, 0.4) is 0 Å². The van der Waals surface area contributed by atoms with E-state index in [0.29, 0.717) is 0 Å². The molecule has 0 N–H and O–H groups in total. The van der Waals surface area contributed by atoms with Gasteiger partial charge in [-0.2, -0.15) is 0 Å². The Morgan fingerprint density at radius 1 is 0.258 bits per heavy atom. The monoisotopic (exact) mass is 789 g/mol. The van der Waals surface area contributed by atoms with Crippen LogP contribution in [0, 0.1) is 0 Å². The zero-order valence-electron chi connectivity index (χ0n) is 33.9. The van der Waals surface area contributed by atoms with Crippen LogP contribution in [0.15, 0.2) is 241 Å². The molecule has 290 valence electrons. The van der Waals surface area contributed by atoms with Crippen LogP contribution in [0.5, 0.6) is 0 Å². The van der Waals surface area contributed by atoms with Gasteiger partial charge in [-0.25, -0.2) is 0 Å². The van der Waals surface area contributed by atoms with Gasteiger partial charge in [0.2, 0.25) is 0 Å². The number of hydrogen-bond acceptors (Lipinski definition) is 2. The number of fused-ring (bicyclic) bond motifs is 7. The Balaban J connectivity index is 0.967. The van der Waals surface area contributed by atoms with Gasteiger partial charge in [0.15, 0.2) is 0 Å². The smallest absolute Gasteiger partial charge is 0.136 e. The van der Waals surface area contributed by atoms with Crippen LogP contribution in [0.2, 0.25) is 0 Å². The van der Waals surface area contributed by atoms with Gasteiger partial charge >= 0.3 is 0 Å². The summed E-state index contributed by atoms with van der Waals surface area (Å²) < 4.78 is 6.48. The third-order valence-electron chi connectivity index (χ3n) is 12.4. The average Bonchev–Trinajstić information content (AvgIpc) is 3.79. The Labute approximate surface area is 360 Å². The molecule has 0 unspecified atom stereocenters. The minimum absolute atomic E-state index is 0.860. The van der Waals surface area contributed by atoms with Gasteiger partial charge in [0.25, 0.3) is 0 Å². The first-order valence-corrected chi connectivity index (χ1v) is 21.2. The van der Waals surface area contributed by atoms with E-state index in [1.807, 2.05) is 12.1 Å². The van der Waals surface area contributed by atoms with E-state index >= 15 is 0 Å². The topological polar surface area (TPSA) is 16.4 Å². The van der Waals surface area contributed by atoms with Crippen molar-refractivity contribution in [2.45, 2.75) is 0 Å². The molecular formula is C60H39NO. The summed E-state index contributed by atoms with van der Waals surface area (Å²) in [4.78, 5) is 2.37. The van der Waals surface area contributed by atoms with Crippen molar-refractivity contribution in [3.8, 4) is 44.7 Å². The molecule has 1 aromatic heterocycles. The van der Waals surface area contributed by atoms with Gasteiger partial charge in [-0.15, -0.1) is 0 Å². The number of hydrogen-bond donors (Lipinski definition) is 0. The molecule has 1 heterocycles. The molecule has 62 heavy (non-hydrogen) atoms. The zero-order valence-corrected chi connectivity index (χ0v) is 33.9. The van der Waals surface area contributed by atoms with Crippen LogP contribution in [0.4, 0.5) is 17.1 Å². The molecule has 11 aromatic carbocycles. The van der Waals surface area contributed by atoms with Gasteiger partial charge in [-0.1, -0.05) is 176 Å². The SMILES string of the molecule is c1ccc(-c2ccc(-c3ccc(N(c4ccc(-c5cc6ccccc6c6ccccc56)cc4)c4ccc5c(ccc6ccccc65)c4)cc3)cc2-c2cc3ccccc3o2)cc1. The predicted octanol–water partition coefficient (Wildman–Crippen LogP) is 17.2. The van der Waals surface area contributed by atoms with E-state index in [9.17, 15) is 0 Å². The molecule has 0 bridgehead atoms. The summed E-state index contributed by atoms with van der Waals surface area (Å²) in [6, 6.07) is 85.5. The van der Waals surface area contributed by atoms with E-state index in [2.05, 4.69) is 229 Å².